The third-order valence-corrected chi connectivity index (χ3v) is 1.21. The van der Waals surface area contributed by atoms with Crippen molar-refractivity contribution >= 4 is 0 Å². The number of quaternary nitrogens is 1. The highest BCUT2D eigenvalue weighted by Gasteiger charge is 1.87. The van der Waals surface area contributed by atoms with E-state index in [0.29, 0.717) is 0 Å². The summed E-state index contributed by atoms with van der Waals surface area (Å²) in [4.78, 5) is 3.91. The Kier molecular flexibility index (Phi) is 2.22. The molecular weight excluding hydrogens is 112 g/mol. The SMILES string of the molecule is [NH3+]CCc1ccncc1. The lowest BCUT2D eigenvalue weighted by Gasteiger charge is -1.91. The van der Waals surface area contributed by atoms with Gasteiger partial charge in [-0.2, -0.15) is 0 Å². The van der Waals surface area contributed by atoms with Crippen molar-refractivity contribution in [2.45, 2.75) is 6.42 Å². The topological polar surface area (TPSA) is 40.5 Å². The Morgan fingerprint density at radius 2 is 2.00 bits per heavy atom. The van der Waals surface area contributed by atoms with Crippen molar-refractivity contribution in [1.29, 1.82) is 0 Å². The van der Waals surface area contributed by atoms with E-state index in [1.165, 1.54) is 5.56 Å². The summed E-state index contributed by atoms with van der Waals surface area (Å²) in [6.07, 6.45) is 4.68. The predicted molar refractivity (Wildman–Crippen MR) is 35.7 cm³/mol. The van der Waals surface area contributed by atoms with Crippen LogP contribution in [0, 0.1) is 0 Å². The summed E-state index contributed by atoms with van der Waals surface area (Å²) in [5.41, 5.74) is 5.08. The lowest BCUT2D eigenvalue weighted by atomic mass is 10.2. The fourth-order valence-corrected chi connectivity index (χ4v) is 0.754. The van der Waals surface area contributed by atoms with Crippen LogP contribution in [0.3, 0.4) is 0 Å². The molecule has 0 atom stereocenters. The van der Waals surface area contributed by atoms with E-state index in [1.807, 2.05) is 24.5 Å². The van der Waals surface area contributed by atoms with E-state index < -0.39 is 0 Å². The summed E-state index contributed by atoms with van der Waals surface area (Å²) >= 11 is 0. The van der Waals surface area contributed by atoms with E-state index in [4.69, 9.17) is 0 Å². The van der Waals surface area contributed by atoms with Crippen molar-refractivity contribution in [2.75, 3.05) is 6.54 Å². The van der Waals surface area contributed by atoms with Gasteiger partial charge in [-0.15, -0.1) is 0 Å². The molecule has 1 aromatic heterocycles. The van der Waals surface area contributed by atoms with Crippen LogP contribution in [0.1, 0.15) is 5.56 Å². The molecule has 0 bridgehead atoms. The minimum absolute atomic E-state index is 0.962. The second-order valence-corrected chi connectivity index (χ2v) is 1.96. The van der Waals surface area contributed by atoms with Gasteiger partial charge in [-0.1, -0.05) is 0 Å². The summed E-state index contributed by atoms with van der Waals surface area (Å²) in [5, 5.41) is 0. The Hall–Kier alpha value is -0.890. The minimum Gasteiger partial charge on any atom is -0.357 e. The molecule has 0 spiro atoms. The maximum absolute atomic E-state index is 3.91. The average molecular weight is 123 g/mol. The molecule has 0 fully saturated rings. The van der Waals surface area contributed by atoms with Crippen molar-refractivity contribution in [3.8, 4) is 0 Å². The van der Waals surface area contributed by atoms with Crippen LogP contribution in [-0.2, 0) is 6.42 Å². The van der Waals surface area contributed by atoms with Crippen LogP contribution in [0.25, 0.3) is 0 Å². The number of hydrogen-bond acceptors (Lipinski definition) is 1. The number of aromatic nitrogens is 1. The van der Waals surface area contributed by atoms with Gasteiger partial charge in [0.25, 0.3) is 0 Å². The van der Waals surface area contributed by atoms with Gasteiger partial charge in [-0.25, -0.2) is 0 Å². The molecule has 1 rings (SSSR count). The second kappa shape index (κ2) is 3.20. The van der Waals surface area contributed by atoms with Crippen LogP contribution >= 0.6 is 0 Å². The average Bonchev–Trinajstić information content (AvgIpc) is 1.91. The summed E-state index contributed by atoms with van der Waals surface area (Å²) < 4.78 is 0. The Morgan fingerprint density at radius 3 is 2.56 bits per heavy atom. The predicted octanol–water partition coefficient (Wildman–Crippen LogP) is -0.134. The first-order chi connectivity index (χ1) is 4.43. The molecule has 2 nitrogen and oxygen atoms in total. The third-order valence-electron chi connectivity index (χ3n) is 1.21. The first kappa shape index (κ1) is 6.23. The quantitative estimate of drug-likeness (QED) is 0.584. The first-order valence-corrected chi connectivity index (χ1v) is 3.11. The molecular formula is C7H11N2+. The van der Waals surface area contributed by atoms with Gasteiger partial charge in [0.2, 0.25) is 0 Å². The minimum atomic E-state index is 0.962. The highest BCUT2D eigenvalue weighted by Crippen LogP contribution is 1.93. The van der Waals surface area contributed by atoms with Gasteiger partial charge >= 0.3 is 0 Å². The molecule has 0 radical (unpaired) electrons. The van der Waals surface area contributed by atoms with Crippen molar-refractivity contribution in [3.63, 3.8) is 0 Å². The highest BCUT2D eigenvalue weighted by atomic mass is 14.6. The van der Waals surface area contributed by atoms with Crippen LogP contribution in [0.2, 0.25) is 0 Å². The van der Waals surface area contributed by atoms with Crippen LogP contribution in [-0.4, -0.2) is 11.5 Å². The molecule has 0 aromatic carbocycles. The smallest absolute Gasteiger partial charge is 0.0780 e. The molecule has 9 heavy (non-hydrogen) atoms. The second-order valence-electron chi connectivity index (χ2n) is 1.96. The van der Waals surface area contributed by atoms with E-state index in [2.05, 4.69) is 10.7 Å². The monoisotopic (exact) mass is 123 g/mol. The Labute approximate surface area is 54.7 Å². The fourth-order valence-electron chi connectivity index (χ4n) is 0.754. The Bertz CT molecular complexity index is 160. The molecule has 0 saturated carbocycles. The number of pyridine rings is 1. The van der Waals surface area contributed by atoms with Crippen LogP contribution in [0.15, 0.2) is 24.5 Å². The zero-order valence-corrected chi connectivity index (χ0v) is 5.38. The van der Waals surface area contributed by atoms with Gasteiger partial charge < -0.3 is 5.73 Å². The molecule has 0 aliphatic carbocycles. The highest BCUT2D eigenvalue weighted by molar-refractivity contribution is 5.09. The van der Waals surface area contributed by atoms with Crippen molar-refractivity contribution < 1.29 is 5.73 Å². The summed E-state index contributed by atoms with van der Waals surface area (Å²) in [6.45, 7) is 0.962. The largest absolute Gasteiger partial charge is 0.357 e. The molecule has 0 aliphatic heterocycles. The van der Waals surface area contributed by atoms with Gasteiger partial charge in [0.15, 0.2) is 0 Å². The van der Waals surface area contributed by atoms with E-state index in [9.17, 15) is 0 Å². The maximum atomic E-state index is 3.91. The Balaban J connectivity index is 2.61. The summed E-state index contributed by atoms with van der Waals surface area (Å²) in [5.74, 6) is 0. The third kappa shape index (κ3) is 1.82. The van der Waals surface area contributed by atoms with Crippen molar-refractivity contribution in [1.82, 2.24) is 4.98 Å². The molecule has 0 unspecified atom stereocenters. The lowest BCUT2D eigenvalue weighted by Crippen LogP contribution is -2.51. The molecule has 0 saturated heterocycles. The van der Waals surface area contributed by atoms with Gasteiger partial charge in [0.05, 0.1) is 6.54 Å². The standard InChI is InChI=1S/C7H10N2/c8-4-1-7-2-5-9-6-3-7/h2-3,5-6H,1,4,8H2/p+1. The summed E-state index contributed by atoms with van der Waals surface area (Å²) in [6, 6.07) is 4.04. The first-order valence-electron chi connectivity index (χ1n) is 3.11. The molecule has 48 valence electrons. The molecule has 3 N–H and O–H groups in total. The number of nitrogens with zero attached hydrogens (tertiary/aromatic N) is 1. The van der Waals surface area contributed by atoms with E-state index in [1.54, 1.807) is 0 Å². The van der Waals surface area contributed by atoms with Gasteiger partial charge in [-0.05, 0) is 17.7 Å². The Morgan fingerprint density at radius 1 is 1.33 bits per heavy atom. The normalized spacial score (nSPS) is 9.44. The van der Waals surface area contributed by atoms with Crippen LogP contribution in [0.4, 0.5) is 0 Å². The van der Waals surface area contributed by atoms with Crippen molar-refractivity contribution in [2.24, 2.45) is 0 Å². The van der Waals surface area contributed by atoms with Crippen LogP contribution < -0.4 is 5.73 Å². The zero-order chi connectivity index (χ0) is 6.53. The van der Waals surface area contributed by atoms with Crippen LogP contribution in [0.5, 0.6) is 0 Å². The van der Waals surface area contributed by atoms with E-state index >= 15 is 0 Å². The molecule has 0 aliphatic rings. The van der Waals surface area contributed by atoms with E-state index in [0.717, 1.165) is 13.0 Å². The van der Waals surface area contributed by atoms with Gasteiger partial charge in [-0.3, -0.25) is 4.98 Å². The van der Waals surface area contributed by atoms with Gasteiger partial charge in [0.1, 0.15) is 0 Å². The number of hydrogen-bond donors (Lipinski definition) is 1. The molecule has 2 heteroatoms. The fraction of sp³-hybridized carbons (Fsp3) is 0.286. The molecule has 1 aromatic rings. The number of rotatable bonds is 2. The zero-order valence-electron chi connectivity index (χ0n) is 5.38. The maximum Gasteiger partial charge on any atom is 0.0780 e. The van der Waals surface area contributed by atoms with Crippen molar-refractivity contribution in [3.05, 3.63) is 30.1 Å². The van der Waals surface area contributed by atoms with E-state index in [-0.39, 0.29) is 0 Å². The van der Waals surface area contributed by atoms with Gasteiger partial charge in [0, 0.05) is 18.8 Å². The molecule has 1 heterocycles. The molecule has 0 amide bonds. The summed E-state index contributed by atoms with van der Waals surface area (Å²) in [7, 11) is 0. The lowest BCUT2D eigenvalue weighted by molar-refractivity contribution is -0.366.